The molecule has 0 radical (unpaired) electrons. The van der Waals surface area contributed by atoms with Crippen molar-refractivity contribution in [3.8, 4) is 0 Å². The van der Waals surface area contributed by atoms with E-state index in [4.69, 9.17) is 4.74 Å². The summed E-state index contributed by atoms with van der Waals surface area (Å²) in [7, 11) is 1.88. The minimum Gasteiger partial charge on any atom is -0.381 e. The first kappa shape index (κ1) is 27.0. The lowest BCUT2D eigenvalue weighted by atomic mass is 9.72. The second-order valence-corrected chi connectivity index (χ2v) is 9.80. The van der Waals surface area contributed by atoms with Gasteiger partial charge in [-0.2, -0.15) is 0 Å². The molecule has 2 fully saturated rings. The van der Waals surface area contributed by atoms with E-state index in [9.17, 15) is 0 Å². The van der Waals surface area contributed by atoms with Gasteiger partial charge < -0.3 is 15.4 Å². The normalized spacial score (nSPS) is 23.1. The summed E-state index contributed by atoms with van der Waals surface area (Å²) < 4.78 is 5.73. The van der Waals surface area contributed by atoms with Crippen molar-refractivity contribution in [2.45, 2.75) is 63.6 Å². The Morgan fingerprint density at radius 2 is 1.79 bits per heavy atom. The van der Waals surface area contributed by atoms with Gasteiger partial charge in [0.25, 0.3) is 0 Å². The van der Waals surface area contributed by atoms with Crippen LogP contribution < -0.4 is 10.6 Å². The van der Waals surface area contributed by atoms with Gasteiger partial charge in [-0.15, -0.1) is 24.0 Å². The average molecular weight is 577 g/mol. The maximum atomic E-state index is 5.73. The number of guanidine groups is 1. The van der Waals surface area contributed by atoms with Crippen molar-refractivity contribution >= 4 is 29.9 Å². The van der Waals surface area contributed by atoms with E-state index in [0.717, 1.165) is 64.5 Å². The Hall–Kier alpha value is -1.64. The topological polar surface area (TPSA) is 48.9 Å². The number of aryl methyl sites for hydroxylation is 1. The van der Waals surface area contributed by atoms with Crippen molar-refractivity contribution in [2.24, 2.45) is 4.99 Å². The van der Waals surface area contributed by atoms with Gasteiger partial charge in [0.15, 0.2) is 5.96 Å². The lowest BCUT2D eigenvalue weighted by molar-refractivity contribution is 0.0511. The third kappa shape index (κ3) is 6.73. The van der Waals surface area contributed by atoms with Gasteiger partial charge in [0.1, 0.15) is 0 Å². The molecule has 2 aromatic rings. The van der Waals surface area contributed by atoms with Crippen molar-refractivity contribution in [3.63, 3.8) is 0 Å². The van der Waals surface area contributed by atoms with Crippen LogP contribution in [0.1, 0.15) is 49.3 Å². The molecule has 2 saturated heterocycles. The van der Waals surface area contributed by atoms with Gasteiger partial charge in [-0.1, -0.05) is 54.6 Å². The SMILES string of the molecule is CN=C(NCC1(c2ccccc2C)CCOCC1)NC1CCN(Cc2ccccc2)C(C)C1.I. The first-order chi connectivity index (χ1) is 16.1. The summed E-state index contributed by atoms with van der Waals surface area (Å²) in [5.74, 6) is 0.920. The standard InChI is InChI=1S/C28H40N4O.HI/c1-22-9-7-8-12-26(22)28(14-17-33-18-15-28)21-30-27(29-3)31-25-13-16-32(23(2)19-25)20-24-10-5-4-6-11-24;/h4-12,23,25H,13-21H2,1-3H3,(H2,29,30,31);1H. The van der Waals surface area contributed by atoms with Gasteiger partial charge in [-0.05, 0) is 56.2 Å². The van der Waals surface area contributed by atoms with Crippen LogP contribution in [0, 0.1) is 6.92 Å². The zero-order valence-corrected chi connectivity index (χ0v) is 23.3. The lowest BCUT2D eigenvalue weighted by Crippen LogP contribution is -2.53. The van der Waals surface area contributed by atoms with Crippen LogP contribution in [0.5, 0.6) is 0 Å². The van der Waals surface area contributed by atoms with Gasteiger partial charge in [-0.25, -0.2) is 0 Å². The van der Waals surface area contributed by atoms with Crippen molar-refractivity contribution < 1.29 is 4.74 Å². The fraction of sp³-hybridized carbons (Fsp3) is 0.536. The number of aliphatic imine (C=N–C) groups is 1. The number of piperidine rings is 1. The molecule has 2 N–H and O–H groups in total. The molecule has 0 saturated carbocycles. The molecule has 0 amide bonds. The number of nitrogens with one attached hydrogen (secondary N) is 2. The smallest absolute Gasteiger partial charge is 0.191 e. The van der Waals surface area contributed by atoms with Gasteiger partial charge >= 0.3 is 0 Å². The number of nitrogens with zero attached hydrogens (tertiary/aromatic N) is 2. The van der Waals surface area contributed by atoms with Crippen LogP contribution in [0.3, 0.4) is 0 Å². The molecule has 0 aromatic heterocycles. The van der Waals surface area contributed by atoms with Crippen molar-refractivity contribution in [3.05, 3.63) is 71.3 Å². The van der Waals surface area contributed by atoms with Crippen LogP contribution in [-0.4, -0.2) is 56.3 Å². The Morgan fingerprint density at radius 1 is 1.09 bits per heavy atom. The molecule has 2 aliphatic heterocycles. The third-order valence-electron chi connectivity index (χ3n) is 7.57. The maximum absolute atomic E-state index is 5.73. The van der Waals surface area contributed by atoms with E-state index in [-0.39, 0.29) is 29.4 Å². The number of halogens is 1. The summed E-state index contributed by atoms with van der Waals surface area (Å²) in [6.45, 7) is 9.23. The minimum absolute atomic E-state index is 0. The largest absolute Gasteiger partial charge is 0.381 e. The minimum atomic E-state index is 0. The molecule has 186 valence electrons. The van der Waals surface area contributed by atoms with E-state index in [0.29, 0.717) is 12.1 Å². The predicted molar refractivity (Wildman–Crippen MR) is 152 cm³/mol. The van der Waals surface area contributed by atoms with Crippen LogP contribution in [0.15, 0.2) is 59.6 Å². The number of likely N-dealkylation sites (tertiary alicyclic amines) is 1. The lowest BCUT2D eigenvalue weighted by Gasteiger charge is -2.40. The van der Waals surface area contributed by atoms with E-state index in [2.05, 4.69) is 89.0 Å². The molecule has 6 heteroatoms. The summed E-state index contributed by atoms with van der Waals surface area (Å²) in [6, 6.07) is 20.6. The van der Waals surface area contributed by atoms with Crippen LogP contribution in [0.25, 0.3) is 0 Å². The van der Waals surface area contributed by atoms with Crippen molar-refractivity contribution in [1.29, 1.82) is 0 Å². The second-order valence-electron chi connectivity index (χ2n) is 9.80. The Balaban J connectivity index is 0.00000324. The van der Waals surface area contributed by atoms with Crippen molar-refractivity contribution in [1.82, 2.24) is 15.5 Å². The Bertz CT molecular complexity index is 914. The average Bonchev–Trinajstić information content (AvgIpc) is 2.85. The molecule has 2 atom stereocenters. The molecular formula is C28H41IN4O. The monoisotopic (exact) mass is 576 g/mol. The molecule has 2 heterocycles. The first-order valence-electron chi connectivity index (χ1n) is 12.5. The number of hydrogen-bond acceptors (Lipinski definition) is 3. The van der Waals surface area contributed by atoms with E-state index >= 15 is 0 Å². The van der Waals surface area contributed by atoms with Gasteiger partial charge in [0, 0.05) is 57.4 Å². The Morgan fingerprint density at radius 3 is 2.47 bits per heavy atom. The zero-order valence-electron chi connectivity index (χ0n) is 20.9. The van der Waals surface area contributed by atoms with E-state index in [1.807, 2.05) is 7.05 Å². The van der Waals surface area contributed by atoms with Crippen LogP contribution in [-0.2, 0) is 16.7 Å². The second kappa shape index (κ2) is 12.9. The quantitative estimate of drug-likeness (QED) is 0.293. The molecule has 0 bridgehead atoms. The molecule has 34 heavy (non-hydrogen) atoms. The summed E-state index contributed by atoms with van der Waals surface area (Å²) in [4.78, 5) is 7.17. The predicted octanol–water partition coefficient (Wildman–Crippen LogP) is 4.88. The summed E-state index contributed by atoms with van der Waals surface area (Å²) >= 11 is 0. The highest BCUT2D eigenvalue weighted by Gasteiger charge is 2.36. The fourth-order valence-corrected chi connectivity index (χ4v) is 5.52. The number of rotatable bonds is 6. The van der Waals surface area contributed by atoms with Crippen LogP contribution in [0.4, 0.5) is 0 Å². The number of ether oxygens (including phenoxy) is 1. The van der Waals surface area contributed by atoms with E-state index in [1.165, 1.54) is 16.7 Å². The molecule has 5 nitrogen and oxygen atoms in total. The highest BCUT2D eigenvalue weighted by Crippen LogP contribution is 2.36. The number of benzene rings is 2. The summed E-state index contributed by atoms with van der Waals surface area (Å²) in [5.41, 5.74) is 4.29. The van der Waals surface area contributed by atoms with Crippen molar-refractivity contribution in [2.75, 3.05) is 33.4 Å². The van der Waals surface area contributed by atoms with Gasteiger partial charge in [0.05, 0.1) is 0 Å². The molecule has 2 aromatic carbocycles. The van der Waals surface area contributed by atoms with E-state index < -0.39 is 0 Å². The first-order valence-corrected chi connectivity index (χ1v) is 12.5. The highest BCUT2D eigenvalue weighted by atomic mass is 127. The Labute approximate surface area is 222 Å². The zero-order chi connectivity index (χ0) is 23.1. The molecule has 0 aliphatic carbocycles. The highest BCUT2D eigenvalue weighted by molar-refractivity contribution is 14.0. The fourth-order valence-electron chi connectivity index (χ4n) is 5.52. The maximum Gasteiger partial charge on any atom is 0.191 e. The summed E-state index contributed by atoms with van der Waals surface area (Å²) in [6.07, 6.45) is 4.34. The third-order valence-corrected chi connectivity index (χ3v) is 7.57. The van der Waals surface area contributed by atoms with Gasteiger partial charge in [0.2, 0.25) is 0 Å². The van der Waals surface area contributed by atoms with Crippen LogP contribution in [0.2, 0.25) is 0 Å². The Kier molecular flexibility index (Phi) is 10.2. The molecule has 0 spiro atoms. The van der Waals surface area contributed by atoms with Gasteiger partial charge in [-0.3, -0.25) is 9.89 Å². The van der Waals surface area contributed by atoms with Crippen LogP contribution >= 0.6 is 24.0 Å². The molecular weight excluding hydrogens is 535 g/mol. The molecule has 2 aliphatic rings. The van der Waals surface area contributed by atoms with E-state index in [1.54, 1.807) is 0 Å². The molecule has 4 rings (SSSR count). The number of hydrogen-bond donors (Lipinski definition) is 2. The molecule has 2 unspecified atom stereocenters. The summed E-state index contributed by atoms with van der Waals surface area (Å²) in [5, 5.41) is 7.41.